The van der Waals surface area contributed by atoms with Gasteiger partial charge in [-0.05, 0) is 26.7 Å². The second kappa shape index (κ2) is 7.27. The Morgan fingerprint density at radius 2 is 1.76 bits per heavy atom. The lowest BCUT2D eigenvalue weighted by molar-refractivity contribution is -0.137. The Labute approximate surface area is 104 Å². The molecule has 0 rings (SSSR count). The Bertz CT molecular complexity index is 264. The van der Waals surface area contributed by atoms with Crippen LogP contribution in [-0.2, 0) is 9.59 Å². The Morgan fingerprint density at radius 3 is 2.12 bits per heavy atom. The molecule has 0 fully saturated rings. The predicted molar refractivity (Wildman–Crippen MR) is 68.3 cm³/mol. The molecule has 0 aromatic heterocycles. The molecule has 0 aliphatic rings. The number of nitrogens with two attached hydrogens (primary N) is 1. The molecule has 0 aromatic rings. The zero-order valence-electron chi connectivity index (χ0n) is 11.5. The molecule has 0 bridgehead atoms. The van der Waals surface area contributed by atoms with Gasteiger partial charge >= 0.3 is 0 Å². The molecule has 17 heavy (non-hydrogen) atoms. The van der Waals surface area contributed by atoms with Crippen LogP contribution >= 0.6 is 0 Å². The number of nitrogens with zero attached hydrogens (tertiary/aromatic N) is 1. The van der Waals surface area contributed by atoms with Gasteiger partial charge in [-0.3, -0.25) is 9.59 Å². The van der Waals surface area contributed by atoms with Crippen LogP contribution in [0.1, 0.15) is 34.6 Å². The number of rotatable bonds is 6. The number of carbonyl (C=O) groups excluding carboxylic acids is 2. The van der Waals surface area contributed by atoms with E-state index in [1.807, 2.05) is 34.6 Å². The maximum Gasteiger partial charge on any atom is 0.240 e. The molecular weight excluding hydrogens is 218 g/mol. The molecule has 0 spiro atoms. The molecule has 0 radical (unpaired) electrons. The van der Waals surface area contributed by atoms with Gasteiger partial charge in [0.1, 0.15) is 0 Å². The van der Waals surface area contributed by atoms with Crippen molar-refractivity contribution in [1.82, 2.24) is 10.2 Å². The average molecular weight is 243 g/mol. The van der Waals surface area contributed by atoms with Crippen molar-refractivity contribution in [2.75, 3.05) is 13.1 Å². The van der Waals surface area contributed by atoms with E-state index in [0.29, 0.717) is 6.54 Å². The highest BCUT2D eigenvalue weighted by Crippen LogP contribution is 2.03. The zero-order valence-corrected chi connectivity index (χ0v) is 11.5. The summed E-state index contributed by atoms with van der Waals surface area (Å²) in [6, 6.07) is -0.461. The van der Waals surface area contributed by atoms with E-state index in [1.54, 1.807) is 0 Å². The van der Waals surface area contributed by atoms with Crippen molar-refractivity contribution in [2.24, 2.45) is 11.7 Å². The first-order valence-corrected chi connectivity index (χ1v) is 6.13. The predicted octanol–water partition coefficient (Wildman–Crippen LogP) is 0.343. The van der Waals surface area contributed by atoms with Gasteiger partial charge in [-0.2, -0.15) is 0 Å². The summed E-state index contributed by atoms with van der Waals surface area (Å²) in [4.78, 5) is 25.0. The molecule has 3 N–H and O–H groups in total. The molecule has 100 valence electrons. The van der Waals surface area contributed by atoms with Gasteiger partial charge in [0.05, 0.1) is 12.6 Å². The number of carbonyl (C=O) groups is 2. The molecule has 0 heterocycles. The number of hydrogen-bond acceptors (Lipinski definition) is 3. The maximum atomic E-state index is 12.0. The third kappa shape index (κ3) is 5.68. The van der Waals surface area contributed by atoms with Gasteiger partial charge in [0.15, 0.2) is 0 Å². The van der Waals surface area contributed by atoms with Gasteiger partial charge in [0.25, 0.3) is 0 Å². The van der Waals surface area contributed by atoms with Gasteiger partial charge in [-0.15, -0.1) is 0 Å². The first kappa shape index (κ1) is 15.9. The smallest absolute Gasteiger partial charge is 0.240 e. The van der Waals surface area contributed by atoms with E-state index in [4.69, 9.17) is 5.73 Å². The monoisotopic (exact) mass is 243 g/mol. The summed E-state index contributed by atoms with van der Waals surface area (Å²) in [6.45, 7) is 9.97. The first-order chi connectivity index (χ1) is 7.79. The lowest BCUT2D eigenvalue weighted by atomic mass is 10.0. The second-order valence-corrected chi connectivity index (χ2v) is 4.84. The highest BCUT2D eigenvalue weighted by molar-refractivity contribution is 5.87. The summed E-state index contributed by atoms with van der Waals surface area (Å²) in [5.41, 5.74) is 5.79. The Morgan fingerprint density at radius 1 is 1.24 bits per heavy atom. The normalized spacial score (nSPS) is 12.7. The van der Waals surface area contributed by atoms with Gasteiger partial charge < -0.3 is 16.0 Å². The van der Waals surface area contributed by atoms with Gasteiger partial charge in [0.2, 0.25) is 11.8 Å². The van der Waals surface area contributed by atoms with E-state index in [0.717, 1.165) is 0 Å². The van der Waals surface area contributed by atoms with Gasteiger partial charge in [0, 0.05) is 12.6 Å². The highest BCUT2D eigenvalue weighted by atomic mass is 16.2. The van der Waals surface area contributed by atoms with Crippen LogP contribution in [0.25, 0.3) is 0 Å². The number of amides is 2. The topological polar surface area (TPSA) is 75.4 Å². The number of hydrogen-bond donors (Lipinski definition) is 2. The fourth-order valence-electron chi connectivity index (χ4n) is 1.38. The summed E-state index contributed by atoms with van der Waals surface area (Å²) in [5, 5.41) is 2.76. The number of nitrogens with one attached hydrogen (secondary N) is 1. The van der Waals surface area contributed by atoms with Crippen molar-refractivity contribution < 1.29 is 9.59 Å². The molecule has 5 nitrogen and oxygen atoms in total. The summed E-state index contributed by atoms with van der Waals surface area (Å²) >= 11 is 0. The zero-order chi connectivity index (χ0) is 13.6. The summed E-state index contributed by atoms with van der Waals surface area (Å²) < 4.78 is 0. The Kier molecular flexibility index (Phi) is 6.80. The van der Waals surface area contributed by atoms with Crippen LogP contribution in [0.5, 0.6) is 0 Å². The standard InChI is InChI=1S/C12H25N3O2/c1-6-15(7-10(16)14-9(4)5)12(17)11(13)8(2)3/h8-9,11H,6-7,13H2,1-5H3,(H,14,16)/t11-/m1/s1. The van der Waals surface area contributed by atoms with Crippen LogP contribution in [0.2, 0.25) is 0 Å². The molecule has 0 saturated carbocycles. The van der Waals surface area contributed by atoms with Crippen molar-refractivity contribution in [3.63, 3.8) is 0 Å². The number of likely N-dealkylation sites (N-methyl/N-ethyl adjacent to an activating group) is 1. The molecule has 5 heteroatoms. The fourth-order valence-corrected chi connectivity index (χ4v) is 1.38. The summed E-state index contributed by atoms with van der Waals surface area (Å²) in [7, 11) is 0. The second-order valence-electron chi connectivity index (χ2n) is 4.84. The van der Waals surface area contributed by atoms with E-state index >= 15 is 0 Å². The third-order valence-corrected chi connectivity index (χ3v) is 2.48. The molecule has 1 atom stereocenters. The molecule has 0 unspecified atom stereocenters. The van der Waals surface area contributed by atoms with E-state index < -0.39 is 6.04 Å². The summed E-state index contributed by atoms with van der Waals surface area (Å²) in [6.07, 6.45) is 0. The SMILES string of the molecule is CCN(CC(=O)NC(C)C)C(=O)[C@H](N)C(C)C. The largest absolute Gasteiger partial charge is 0.352 e. The van der Waals surface area contributed by atoms with Crippen LogP contribution in [0, 0.1) is 5.92 Å². The minimum Gasteiger partial charge on any atom is -0.352 e. The van der Waals surface area contributed by atoms with Gasteiger partial charge in [-0.1, -0.05) is 13.8 Å². The van der Waals surface area contributed by atoms with Gasteiger partial charge in [-0.25, -0.2) is 0 Å². The van der Waals surface area contributed by atoms with Crippen LogP contribution in [0.3, 0.4) is 0 Å². The average Bonchev–Trinajstić information content (AvgIpc) is 2.22. The molecule has 2 amide bonds. The fraction of sp³-hybridized carbons (Fsp3) is 0.833. The van der Waals surface area contributed by atoms with Crippen LogP contribution in [0.15, 0.2) is 0 Å². The molecule has 0 aromatic carbocycles. The quantitative estimate of drug-likeness (QED) is 0.706. The Balaban J connectivity index is 4.42. The van der Waals surface area contributed by atoms with Crippen LogP contribution in [0.4, 0.5) is 0 Å². The van der Waals surface area contributed by atoms with E-state index in [1.165, 1.54) is 4.90 Å². The molecule has 0 saturated heterocycles. The van der Waals surface area contributed by atoms with E-state index in [-0.39, 0.29) is 30.3 Å². The van der Waals surface area contributed by atoms with Crippen molar-refractivity contribution in [1.29, 1.82) is 0 Å². The van der Waals surface area contributed by atoms with Crippen molar-refractivity contribution in [2.45, 2.75) is 46.7 Å². The Hall–Kier alpha value is -1.10. The molecular formula is C12H25N3O2. The van der Waals surface area contributed by atoms with Crippen molar-refractivity contribution in [3.8, 4) is 0 Å². The summed E-state index contributed by atoms with van der Waals surface area (Å²) in [5.74, 6) is -0.239. The molecule has 0 aliphatic carbocycles. The van der Waals surface area contributed by atoms with E-state index in [2.05, 4.69) is 5.32 Å². The van der Waals surface area contributed by atoms with Crippen molar-refractivity contribution >= 4 is 11.8 Å². The molecule has 0 aliphatic heterocycles. The minimum absolute atomic E-state index is 0.0738. The minimum atomic E-state index is -0.540. The first-order valence-electron chi connectivity index (χ1n) is 6.13. The van der Waals surface area contributed by atoms with Crippen molar-refractivity contribution in [3.05, 3.63) is 0 Å². The van der Waals surface area contributed by atoms with Crippen LogP contribution in [-0.4, -0.2) is 41.9 Å². The lowest BCUT2D eigenvalue weighted by Gasteiger charge is -2.25. The van der Waals surface area contributed by atoms with E-state index in [9.17, 15) is 9.59 Å². The highest BCUT2D eigenvalue weighted by Gasteiger charge is 2.24. The lowest BCUT2D eigenvalue weighted by Crippen LogP contribution is -2.50. The van der Waals surface area contributed by atoms with Crippen LogP contribution < -0.4 is 11.1 Å². The third-order valence-electron chi connectivity index (χ3n) is 2.48. The maximum absolute atomic E-state index is 12.0.